The van der Waals surface area contributed by atoms with Gasteiger partial charge in [0.15, 0.2) is 0 Å². The number of urea groups is 1. The van der Waals surface area contributed by atoms with Crippen molar-refractivity contribution in [3.05, 3.63) is 71.3 Å². The maximum Gasteiger partial charge on any atom is 0.317 e. The van der Waals surface area contributed by atoms with Crippen molar-refractivity contribution < 1.29 is 19.2 Å². The topological polar surface area (TPSA) is 98.8 Å². The van der Waals surface area contributed by atoms with Crippen LogP contribution in [0.4, 0.5) is 4.79 Å². The number of amides is 5. The fourth-order valence-corrected chi connectivity index (χ4v) is 3.73. The molecule has 0 fully saturated rings. The Balaban J connectivity index is 1.71. The van der Waals surface area contributed by atoms with Crippen molar-refractivity contribution >= 4 is 23.8 Å². The van der Waals surface area contributed by atoms with Gasteiger partial charge in [0.25, 0.3) is 11.8 Å². The van der Waals surface area contributed by atoms with E-state index in [2.05, 4.69) is 10.6 Å². The highest BCUT2D eigenvalue weighted by Crippen LogP contribution is 2.26. The van der Waals surface area contributed by atoms with Crippen LogP contribution < -0.4 is 10.6 Å². The highest BCUT2D eigenvalue weighted by Gasteiger charge is 2.42. The minimum absolute atomic E-state index is 0.181. The quantitative estimate of drug-likeness (QED) is 0.464. The average Bonchev–Trinajstić information content (AvgIpc) is 3.06. The highest BCUT2D eigenvalue weighted by atomic mass is 16.2. The van der Waals surface area contributed by atoms with E-state index >= 15 is 0 Å². The molecule has 1 unspecified atom stereocenters. The smallest absolute Gasteiger partial charge is 0.317 e. The molecular formula is C24H28N4O4. The summed E-state index contributed by atoms with van der Waals surface area (Å²) < 4.78 is 0. The molecule has 0 aromatic heterocycles. The maximum absolute atomic E-state index is 13.1. The van der Waals surface area contributed by atoms with Gasteiger partial charge in [0.05, 0.1) is 11.1 Å². The molecule has 0 spiro atoms. The Morgan fingerprint density at radius 3 is 1.94 bits per heavy atom. The van der Waals surface area contributed by atoms with Gasteiger partial charge in [-0.1, -0.05) is 42.5 Å². The lowest BCUT2D eigenvalue weighted by Gasteiger charge is -2.26. The van der Waals surface area contributed by atoms with Crippen LogP contribution in [0.3, 0.4) is 0 Å². The van der Waals surface area contributed by atoms with E-state index in [1.54, 1.807) is 29.2 Å². The van der Waals surface area contributed by atoms with Crippen LogP contribution in [0.2, 0.25) is 0 Å². The van der Waals surface area contributed by atoms with Gasteiger partial charge in [0, 0.05) is 32.6 Å². The Labute approximate surface area is 187 Å². The van der Waals surface area contributed by atoms with Crippen molar-refractivity contribution in [2.45, 2.75) is 26.3 Å². The first-order valence-corrected chi connectivity index (χ1v) is 10.8. The number of hydrogen-bond donors (Lipinski definition) is 2. The number of carbonyl (C=O) groups is 4. The van der Waals surface area contributed by atoms with E-state index in [1.165, 1.54) is 0 Å². The second-order valence-electron chi connectivity index (χ2n) is 7.43. The molecule has 0 saturated carbocycles. The van der Waals surface area contributed by atoms with Gasteiger partial charge in [0.1, 0.15) is 6.04 Å². The summed E-state index contributed by atoms with van der Waals surface area (Å²) in [6.07, 6.45) is 0.198. The van der Waals surface area contributed by atoms with Crippen molar-refractivity contribution in [1.82, 2.24) is 20.4 Å². The number of hydrogen-bond acceptors (Lipinski definition) is 4. The standard InChI is InChI=1S/C24H28N4O4/c1-3-27(4-2)24(32)26-15-14-25-21(29)20(16-17-10-6-5-7-11-17)28-22(30)18-12-8-9-13-19(18)23(28)31/h5-13,20H,3-4,14-16H2,1-2H3,(H,25,29)(H,26,32). The van der Waals surface area contributed by atoms with E-state index in [0.29, 0.717) is 24.2 Å². The molecule has 1 aliphatic rings. The second-order valence-corrected chi connectivity index (χ2v) is 7.43. The summed E-state index contributed by atoms with van der Waals surface area (Å²) in [6, 6.07) is 14.6. The third-order valence-electron chi connectivity index (χ3n) is 5.46. The molecule has 1 atom stereocenters. The van der Waals surface area contributed by atoms with Gasteiger partial charge in [-0.25, -0.2) is 4.79 Å². The number of fused-ring (bicyclic) bond motifs is 1. The molecule has 0 saturated heterocycles. The number of carbonyl (C=O) groups excluding carboxylic acids is 4. The van der Waals surface area contributed by atoms with E-state index in [9.17, 15) is 19.2 Å². The first kappa shape index (κ1) is 23.0. The fourth-order valence-electron chi connectivity index (χ4n) is 3.73. The Hall–Kier alpha value is -3.68. The molecule has 168 valence electrons. The Morgan fingerprint density at radius 1 is 0.844 bits per heavy atom. The summed E-state index contributed by atoms with van der Waals surface area (Å²) in [5, 5.41) is 5.51. The average molecular weight is 437 g/mol. The number of nitrogens with one attached hydrogen (secondary N) is 2. The summed E-state index contributed by atoms with van der Waals surface area (Å²) in [5.41, 5.74) is 1.43. The van der Waals surface area contributed by atoms with E-state index in [0.717, 1.165) is 10.5 Å². The van der Waals surface area contributed by atoms with Crippen LogP contribution in [0.15, 0.2) is 54.6 Å². The van der Waals surface area contributed by atoms with Crippen LogP contribution >= 0.6 is 0 Å². The van der Waals surface area contributed by atoms with Crippen molar-refractivity contribution in [3.63, 3.8) is 0 Å². The predicted octanol–water partition coefficient (Wildman–Crippen LogP) is 2.06. The summed E-state index contributed by atoms with van der Waals surface area (Å²) in [7, 11) is 0. The first-order valence-electron chi connectivity index (χ1n) is 10.8. The van der Waals surface area contributed by atoms with Crippen LogP contribution in [0.1, 0.15) is 40.1 Å². The molecule has 2 aromatic rings. The molecule has 0 bridgehead atoms. The largest absolute Gasteiger partial charge is 0.353 e. The third kappa shape index (κ3) is 4.96. The zero-order valence-electron chi connectivity index (χ0n) is 18.3. The minimum Gasteiger partial charge on any atom is -0.353 e. The molecule has 3 rings (SSSR count). The number of nitrogens with zero attached hydrogens (tertiary/aromatic N) is 2. The van der Waals surface area contributed by atoms with Gasteiger partial charge in [-0.15, -0.1) is 0 Å². The zero-order chi connectivity index (χ0) is 23.1. The molecule has 8 heteroatoms. The molecule has 2 aromatic carbocycles. The molecular weight excluding hydrogens is 408 g/mol. The molecule has 2 N–H and O–H groups in total. The number of rotatable bonds is 9. The normalized spacial score (nSPS) is 13.5. The summed E-state index contributed by atoms with van der Waals surface area (Å²) >= 11 is 0. The van der Waals surface area contributed by atoms with Crippen LogP contribution in [0.5, 0.6) is 0 Å². The van der Waals surface area contributed by atoms with E-state index in [-0.39, 0.29) is 25.5 Å². The zero-order valence-corrected chi connectivity index (χ0v) is 18.3. The number of imide groups is 1. The van der Waals surface area contributed by atoms with Gasteiger partial charge in [0.2, 0.25) is 5.91 Å². The fraction of sp³-hybridized carbons (Fsp3) is 0.333. The van der Waals surface area contributed by atoms with Crippen LogP contribution in [0.25, 0.3) is 0 Å². The summed E-state index contributed by atoms with van der Waals surface area (Å²) in [5.74, 6) is -1.39. The molecule has 1 aliphatic heterocycles. The Morgan fingerprint density at radius 2 is 1.38 bits per heavy atom. The molecule has 5 amide bonds. The summed E-state index contributed by atoms with van der Waals surface area (Å²) in [6.45, 7) is 5.38. The lowest BCUT2D eigenvalue weighted by atomic mass is 10.0. The van der Waals surface area contributed by atoms with Gasteiger partial charge in [-0.2, -0.15) is 0 Å². The van der Waals surface area contributed by atoms with Crippen LogP contribution in [-0.2, 0) is 11.2 Å². The van der Waals surface area contributed by atoms with E-state index in [4.69, 9.17) is 0 Å². The third-order valence-corrected chi connectivity index (χ3v) is 5.46. The lowest BCUT2D eigenvalue weighted by Crippen LogP contribution is -2.52. The van der Waals surface area contributed by atoms with Crippen molar-refractivity contribution in [2.75, 3.05) is 26.2 Å². The first-order chi connectivity index (χ1) is 15.5. The second kappa shape index (κ2) is 10.6. The van der Waals surface area contributed by atoms with Gasteiger partial charge >= 0.3 is 6.03 Å². The van der Waals surface area contributed by atoms with Crippen molar-refractivity contribution in [3.8, 4) is 0 Å². The SMILES string of the molecule is CCN(CC)C(=O)NCCNC(=O)C(Cc1ccccc1)N1C(=O)c2ccccc2C1=O. The van der Waals surface area contributed by atoms with Gasteiger partial charge in [-0.05, 0) is 31.5 Å². The Kier molecular flexibility index (Phi) is 7.59. The van der Waals surface area contributed by atoms with E-state index < -0.39 is 23.8 Å². The van der Waals surface area contributed by atoms with Crippen LogP contribution in [-0.4, -0.2) is 65.8 Å². The molecule has 0 aliphatic carbocycles. The predicted molar refractivity (Wildman–Crippen MR) is 120 cm³/mol. The highest BCUT2D eigenvalue weighted by molar-refractivity contribution is 6.22. The molecule has 32 heavy (non-hydrogen) atoms. The molecule has 1 heterocycles. The summed E-state index contributed by atoms with van der Waals surface area (Å²) in [4.78, 5) is 53.8. The lowest BCUT2D eigenvalue weighted by molar-refractivity contribution is -0.125. The van der Waals surface area contributed by atoms with Crippen molar-refractivity contribution in [2.24, 2.45) is 0 Å². The molecule has 0 radical (unpaired) electrons. The Bertz CT molecular complexity index is 954. The van der Waals surface area contributed by atoms with Gasteiger partial charge in [-0.3, -0.25) is 19.3 Å². The molecule has 8 nitrogen and oxygen atoms in total. The number of benzene rings is 2. The van der Waals surface area contributed by atoms with Gasteiger partial charge < -0.3 is 15.5 Å². The maximum atomic E-state index is 13.1. The monoisotopic (exact) mass is 436 g/mol. The minimum atomic E-state index is -0.997. The van der Waals surface area contributed by atoms with Crippen LogP contribution in [0, 0.1) is 0 Å². The van der Waals surface area contributed by atoms with E-state index in [1.807, 2.05) is 44.2 Å². The van der Waals surface area contributed by atoms with Crippen molar-refractivity contribution in [1.29, 1.82) is 0 Å².